The van der Waals surface area contributed by atoms with E-state index >= 15 is 0 Å². The molecule has 2 heterocycles. The highest BCUT2D eigenvalue weighted by Gasteiger charge is 2.22. The smallest absolute Gasteiger partial charge is 0.260 e. The summed E-state index contributed by atoms with van der Waals surface area (Å²) in [6.45, 7) is 6.57. The minimum absolute atomic E-state index is 0.00757. The topological polar surface area (TPSA) is 71.7 Å². The zero-order valence-corrected chi connectivity index (χ0v) is 17.7. The number of rotatable bonds is 5. The summed E-state index contributed by atoms with van der Waals surface area (Å²) in [7, 11) is 0. The van der Waals surface area contributed by atoms with Crippen molar-refractivity contribution in [2.24, 2.45) is 0 Å². The molecule has 1 amide bonds. The van der Waals surface area contributed by atoms with Gasteiger partial charge in [0.05, 0.1) is 0 Å². The van der Waals surface area contributed by atoms with Crippen molar-refractivity contribution in [3.05, 3.63) is 58.9 Å². The average Bonchev–Trinajstić information content (AvgIpc) is 3.19. The van der Waals surface area contributed by atoms with Crippen LogP contribution in [0.5, 0.6) is 5.75 Å². The second kappa shape index (κ2) is 8.75. The lowest BCUT2D eigenvalue weighted by molar-refractivity contribution is -0.133. The summed E-state index contributed by atoms with van der Waals surface area (Å²) in [5, 5.41) is 4.60. The number of nitrogens with zero attached hydrogens (tertiary/aromatic N) is 4. The molecule has 0 atom stereocenters. The van der Waals surface area contributed by atoms with Crippen LogP contribution in [-0.4, -0.2) is 53.7 Å². The van der Waals surface area contributed by atoms with E-state index in [0.717, 1.165) is 29.9 Å². The maximum atomic E-state index is 12.5. The van der Waals surface area contributed by atoms with Crippen molar-refractivity contribution in [1.82, 2.24) is 15.0 Å². The molecule has 0 saturated carbocycles. The van der Waals surface area contributed by atoms with Gasteiger partial charge in [0, 0.05) is 49.4 Å². The second-order valence-electron chi connectivity index (χ2n) is 7.25. The number of piperazine rings is 1. The molecule has 0 radical (unpaired) electrons. The quantitative estimate of drug-likeness (QED) is 0.619. The Kier molecular flexibility index (Phi) is 5.90. The summed E-state index contributed by atoms with van der Waals surface area (Å²) in [6.07, 6.45) is 0. The number of aromatic nitrogens is 2. The Balaban J connectivity index is 1.29. The van der Waals surface area contributed by atoms with Gasteiger partial charge in [0.15, 0.2) is 6.61 Å². The first-order valence-corrected chi connectivity index (χ1v) is 10.2. The molecule has 156 valence electrons. The Morgan fingerprint density at radius 3 is 2.47 bits per heavy atom. The maximum absolute atomic E-state index is 12.5. The number of aryl methyl sites for hydroxylation is 2. The molecular formula is C22H23ClN4O3. The van der Waals surface area contributed by atoms with Crippen LogP contribution in [-0.2, 0) is 4.79 Å². The molecule has 2 aromatic carbocycles. The van der Waals surface area contributed by atoms with Gasteiger partial charge >= 0.3 is 0 Å². The molecule has 0 bridgehead atoms. The summed E-state index contributed by atoms with van der Waals surface area (Å²) in [5.41, 5.74) is 2.94. The van der Waals surface area contributed by atoms with E-state index in [1.165, 1.54) is 0 Å². The van der Waals surface area contributed by atoms with Gasteiger partial charge in [-0.2, -0.15) is 4.98 Å². The van der Waals surface area contributed by atoms with Crippen LogP contribution in [0.4, 0.5) is 5.69 Å². The molecule has 8 heteroatoms. The van der Waals surface area contributed by atoms with Crippen LogP contribution < -0.4 is 9.64 Å². The molecule has 1 aromatic heterocycles. The summed E-state index contributed by atoms with van der Waals surface area (Å²) in [6, 6.07) is 13.4. The van der Waals surface area contributed by atoms with E-state index in [2.05, 4.69) is 15.0 Å². The van der Waals surface area contributed by atoms with Crippen molar-refractivity contribution in [3.8, 4) is 17.1 Å². The van der Waals surface area contributed by atoms with Crippen molar-refractivity contribution in [1.29, 1.82) is 0 Å². The Bertz CT molecular complexity index is 1030. The summed E-state index contributed by atoms with van der Waals surface area (Å²) in [5.74, 6) is 1.81. The van der Waals surface area contributed by atoms with Gasteiger partial charge in [-0.05, 0) is 55.0 Å². The van der Waals surface area contributed by atoms with Crippen LogP contribution in [0.25, 0.3) is 11.4 Å². The molecule has 0 spiro atoms. The molecule has 30 heavy (non-hydrogen) atoms. The maximum Gasteiger partial charge on any atom is 0.260 e. The minimum Gasteiger partial charge on any atom is -0.483 e. The SMILES string of the molecule is Cc1nc(-c2ccc(N3CCN(C(=O)COc4ccc(Cl)cc4C)CC3)cc2)no1. The molecule has 3 aromatic rings. The van der Waals surface area contributed by atoms with Crippen LogP contribution in [0.2, 0.25) is 5.02 Å². The molecule has 1 fully saturated rings. The van der Waals surface area contributed by atoms with Crippen molar-refractivity contribution < 1.29 is 14.1 Å². The number of benzene rings is 2. The molecule has 1 aliphatic rings. The monoisotopic (exact) mass is 426 g/mol. The van der Waals surface area contributed by atoms with Gasteiger partial charge in [0.2, 0.25) is 11.7 Å². The van der Waals surface area contributed by atoms with Crippen LogP contribution in [0.15, 0.2) is 47.0 Å². The molecule has 7 nitrogen and oxygen atoms in total. The number of carbonyl (C=O) groups is 1. The lowest BCUT2D eigenvalue weighted by Crippen LogP contribution is -2.50. The van der Waals surface area contributed by atoms with Crippen molar-refractivity contribution in [2.45, 2.75) is 13.8 Å². The van der Waals surface area contributed by atoms with Gasteiger partial charge in [0.25, 0.3) is 5.91 Å². The zero-order valence-electron chi connectivity index (χ0n) is 17.0. The van der Waals surface area contributed by atoms with Crippen LogP contribution >= 0.6 is 11.6 Å². The first-order valence-electron chi connectivity index (χ1n) is 9.82. The van der Waals surface area contributed by atoms with Gasteiger partial charge in [-0.25, -0.2) is 0 Å². The van der Waals surface area contributed by atoms with E-state index in [-0.39, 0.29) is 12.5 Å². The molecule has 0 N–H and O–H groups in total. The van der Waals surface area contributed by atoms with E-state index < -0.39 is 0 Å². The Morgan fingerprint density at radius 1 is 1.10 bits per heavy atom. The van der Waals surface area contributed by atoms with Crippen molar-refractivity contribution >= 4 is 23.2 Å². The molecular weight excluding hydrogens is 404 g/mol. The first kappa shape index (κ1) is 20.2. The number of amides is 1. The van der Waals surface area contributed by atoms with Crippen LogP contribution in [0, 0.1) is 13.8 Å². The molecule has 0 unspecified atom stereocenters. The normalized spacial score (nSPS) is 14.1. The first-order chi connectivity index (χ1) is 14.5. The highest BCUT2D eigenvalue weighted by Crippen LogP contribution is 2.23. The molecule has 1 saturated heterocycles. The molecule has 4 rings (SSSR count). The van der Waals surface area contributed by atoms with Crippen LogP contribution in [0.3, 0.4) is 0 Å². The lowest BCUT2D eigenvalue weighted by atomic mass is 10.1. The average molecular weight is 427 g/mol. The third-order valence-electron chi connectivity index (χ3n) is 5.14. The van der Waals surface area contributed by atoms with E-state index in [1.807, 2.05) is 42.2 Å². The highest BCUT2D eigenvalue weighted by molar-refractivity contribution is 6.30. The predicted octanol–water partition coefficient (Wildman–Crippen LogP) is 3.73. The predicted molar refractivity (Wildman–Crippen MR) is 115 cm³/mol. The van der Waals surface area contributed by atoms with E-state index in [0.29, 0.717) is 35.6 Å². The van der Waals surface area contributed by atoms with E-state index in [9.17, 15) is 4.79 Å². The van der Waals surface area contributed by atoms with Gasteiger partial charge < -0.3 is 19.1 Å². The standard InChI is InChI=1S/C22H23ClN4O3/c1-15-13-18(23)5-8-20(15)29-14-21(28)27-11-9-26(10-12-27)19-6-3-17(4-7-19)22-24-16(2)30-25-22/h3-8,13H,9-12,14H2,1-2H3. The van der Waals surface area contributed by atoms with E-state index in [1.54, 1.807) is 19.1 Å². The highest BCUT2D eigenvalue weighted by atomic mass is 35.5. The van der Waals surface area contributed by atoms with Gasteiger partial charge in [-0.1, -0.05) is 16.8 Å². The largest absolute Gasteiger partial charge is 0.483 e. The molecule has 0 aliphatic carbocycles. The van der Waals surface area contributed by atoms with Crippen molar-refractivity contribution in [2.75, 3.05) is 37.7 Å². The second-order valence-corrected chi connectivity index (χ2v) is 7.69. The van der Waals surface area contributed by atoms with Gasteiger partial charge in [0.1, 0.15) is 5.75 Å². The third kappa shape index (κ3) is 4.57. The zero-order chi connectivity index (χ0) is 21.1. The van der Waals surface area contributed by atoms with Gasteiger partial charge in [-0.3, -0.25) is 4.79 Å². The Hall–Kier alpha value is -3.06. The number of anilines is 1. The number of hydrogen-bond acceptors (Lipinski definition) is 6. The van der Waals surface area contributed by atoms with Gasteiger partial charge in [-0.15, -0.1) is 0 Å². The fraction of sp³-hybridized carbons (Fsp3) is 0.318. The fourth-order valence-corrected chi connectivity index (χ4v) is 3.68. The summed E-state index contributed by atoms with van der Waals surface area (Å²) in [4.78, 5) is 20.9. The Morgan fingerprint density at radius 2 is 1.83 bits per heavy atom. The number of halogens is 1. The number of hydrogen-bond donors (Lipinski definition) is 0. The number of ether oxygens (including phenoxy) is 1. The minimum atomic E-state index is -0.00757. The number of carbonyl (C=O) groups excluding carboxylic acids is 1. The fourth-order valence-electron chi connectivity index (χ4n) is 3.46. The van der Waals surface area contributed by atoms with E-state index in [4.69, 9.17) is 20.9 Å². The van der Waals surface area contributed by atoms with Crippen LogP contribution in [0.1, 0.15) is 11.5 Å². The summed E-state index contributed by atoms with van der Waals surface area (Å²) < 4.78 is 10.7. The van der Waals surface area contributed by atoms with Crippen molar-refractivity contribution in [3.63, 3.8) is 0 Å². The molecule has 1 aliphatic heterocycles. The summed E-state index contributed by atoms with van der Waals surface area (Å²) >= 11 is 5.96. The lowest BCUT2D eigenvalue weighted by Gasteiger charge is -2.36. The third-order valence-corrected chi connectivity index (χ3v) is 5.37. The Labute approximate surface area is 180 Å².